The van der Waals surface area contributed by atoms with Crippen LogP contribution >= 0.6 is 0 Å². The first-order valence-electron chi connectivity index (χ1n) is 7.75. The van der Waals surface area contributed by atoms with Crippen LogP contribution in [-0.2, 0) is 6.42 Å². The fourth-order valence-electron chi connectivity index (χ4n) is 2.83. The number of nitrogens with one attached hydrogen (secondary N) is 1. The van der Waals surface area contributed by atoms with Crippen molar-refractivity contribution in [1.29, 1.82) is 0 Å². The molecule has 0 radical (unpaired) electrons. The topological polar surface area (TPSA) is 51.0 Å². The fourth-order valence-corrected chi connectivity index (χ4v) is 2.83. The highest BCUT2D eigenvalue weighted by Crippen LogP contribution is 2.35. The SMILES string of the molecule is CCC1CCC(c2noc(CCNC(C)C)n2)CC1. The molecule has 0 unspecified atom stereocenters. The molecule has 0 saturated heterocycles. The zero-order chi connectivity index (χ0) is 13.7. The zero-order valence-corrected chi connectivity index (χ0v) is 12.5. The Labute approximate surface area is 116 Å². The van der Waals surface area contributed by atoms with Crippen LogP contribution in [0.15, 0.2) is 4.52 Å². The van der Waals surface area contributed by atoms with Crippen LogP contribution in [-0.4, -0.2) is 22.7 Å². The number of aromatic nitrogens is 2. The van der Waals surface area contributed by atoms with Crippen molar-refractivity contribution in [1.82, 2.24) is 15.5 Å². The molecule has 1 aliphatic carbocycles. The summed E-state index contributed by atoms with van der Waals surface area (Å²) in [4.78, 5) is 4.56. The molecular formula is C15H27N3O. The van der Waals surface area contributed by atoms with Gasteiger partial charge in [-0.15, -0.1) is 0 Å². The molecule has 0 bridgehead atoms. The van der Waals surface area contributed by atoms with Crippen molar-refractivity contribution in [3.8, 4) is 0 Å². The second-order valence-corrected chi connectivity index (χ2v) is 6.03. The molecule has 4 heteroatoms. The van der Waals surface area contributed by atoms with Gasteiger partial charge in [-0.1, -0.05) is 32.3 Å². The molecule has 0 spiro atoms. The van der Waals surface area contributed by atoms with E-state index < -0.39 is 0 Å². The summed E-state index contributed by atoms with van der Waals surface area (Å²) >= 11 is 0. The van der Waals surface area contributed by atoms with Gasteiger partial charge in [0.25, 0.3) is 0 Å². The number of rotatable bonds is 6. The Morgan fingerprint density at radius 2 is 2.00 bits per heavy atom. The van der Waals surface area contributed by atoms with E-state index in [1.165, 1.54) is 32.1 Å². The third-order valence-corrected chi connectivity index (χ3v) is 4.16. The minimum atomic E-state index is 0.506. The Balaban J connectivity index is 1.80. The lowest BCUT2D eigenvalue weighted by Crippen LogP contribution is -2.25. The molecule has 0 aliphatic heterocycles. The average Bonchev–Trinajstić information content (AvgIpc) is 2.87. The maximum atomic E-state index is 5.35. The zero-order valence-electron chi connectivity index (χ0n) is 12.5. The van der Waals surface area contributed by atoms with Crippen LogP contribution in [0.4, 0.5) is 0 Å². The maximum Gasteiger partial charge on any atom is 0.227 e. The second kappa shape index (κ2) is 7.04. The Hall–Kier alpha value is -0.900. The van der Waals surface area contributed by atoms with E-state index in [-0.39, 0.29) is 0 Å². The standard InChI is InChI=1S/C15H27N3O/c1-4-12-5-7-13(8-6-12)15-17-14(19-18-15)9-10-16-11(2)3/h11-13,16H,4-10H2,1-3H3. The summed E-state index contributed by atoms with van der Waals surface area (Å²) in [5.74, 6) is 3.16. The summed E-state index contributed by atoms with van der Waals surface area (Å²) in [6, 6.07) is 0.506. The van der Waals surface area contributed by atoms with Crippen molar-refractivity contribution in [2.75, 3.05) is 6.54 Å². The minimum Gasteiger partial charge on any atom is -0.339 e. The summed E-state index contributed by atoms with van der Waals surface area (Å²) in [6.07, 6.45) is 7.23. The van der Waals surface area contributed by atoms with Gasteiger partial charge in [0, 0.05) is 24.9 Å². The van der Waals surface area contributed by atoms with Crippen LogP contribution in [0.5, 0.6) is 0 Å². The van der Waals surface area contributed by atoms with Crippen molar-refractivity contribution in [3.63, 3.8) is 0 Å². The Kier molecular flexibility index (Phi) is 5.37. The average molecular weight is 265 g/mol. The highest BCUT2D eigenvalue weighted by molar-refractivity contribution is 4.98. The van der Waals surface area contributed by atoms with Crippen molar-refractivity contribution >= 4 is 0 Å². The third kappa shape index (κ3) is 4.30. The molecule has 1 fully saturated rings. The van der Waals surface area contributed by atoms with E-state index in [0.717, 1.165) is 30.6 Å². The predicted octanol–water partition coefficient (Wildman–Crippen LogP) is 3.29. The first-order valence-corrected chi connectivity index (χ1v) is 7.75. The normalized spacial score (nSPS) is 24.0. The lowest BCUT2D eigenvalue weighted by molar-refractivity contribution is 0.303. The van der Waals surface area contributed by atoms with Crippen LogP contribution in [0.3, 0.4) is 0 Å². The summed E-state index contributed by atoms with van der Waals surface area (Å²) in [6.45, 7) is 7.48. The molecule has 1 aromatic rings. The summed E-state index contributed by atoms with van der Waals surface area (Å²) in [5, 5.41) is 7.54. The van der Waals surface area contributed by atoms with Crippen LogP contribution < -0.4 is 5.32 Å². The molecule has 4 nitrogen and oxygen atoms in total. The quantitative estimate of drug-likeness (QED) is 0.857. The van der Waals surface area contributed by atoms with Crippen LogP contribution in [0, 0.1) is 5.92 Å². The first-order chi connectivity index (χ1) is 9.19. The van der Waals surface area contributed by atoms with Gasteiger partial charge in [-0.2, -0.15) is 4.98 Å². The molecule has 1 N–H and O–H groups in total. The van der Waals surface area contributed by atoms with Crippen LogP contribution in [0.1, 0.15) is 70.5 Å². The van der Waals surface area contributed by atoms with Crippen LogP contribution in [0.2, 0.25) is 0 Å². The highest BCUT2D eigenvalue weighted by atomic mass is 16.5. The lowest BCUT2D eigenvalue weighted by atomic mass is 9.80. The van der Waals surface area contributed by atoms with E-state index in [1.54, 1.807) is 0 Å². The number of hydrogen-bond acceptors (Lipinski definition) is 4. The number of hydrogen-bond donors (Lipinski definition) is 1. The van der Waals surface area contributed by atoms with Gasteiger partial charge in [0.2, 0.25) is 5.89 Å². The Bertz CT molecular complexity index is 367. The van der Waals surface area contributed by atoms with E-state index in [2.05, 4.69) is 36.2 Å². The summed E-state index contributed by atoms with van der Waals surface area (Å²) in [7, 11) is 0. The smallest absolute Gasteiger partial charge is 0.227 e. The van der Waals surface area contributed by atoms with Gasteiger partial charge in [-0.3, -0.25) is 0 Å². The summed E-state index contributed by atoms with van der Waals surface area (Å²) < 4.78 is 5.35. The van der Waals surface area contributed by atoms with E-state index in [1.807, 2.05) is 0 Å². The molecule has 1 aliphatic rings. The molecule has 1 heterocycles. The predicted molar refractivity (Wildman–Crippen MR) is 76.1 cm³/mol. The summed E-state index contributed by atoms with van der Waals surface area (Å²) in [5.41, 5.74) is 0. The third-order valence-electron chi connectivity index (χ3n) is 4.16. The molecule has 0 aromatic carbocycles. The van der Waals surface area contributed by atoms with E-state index >= 15 is 0 Å². The fraction of sp³-hybridized carbons (Fsp3) is 0.867. The lowest BCUT2D eigenvalue weighted by Gasteiger charge is -2.25. The highest BCUT2D eigenvalue weighted by Gasteiger charge is 2.24. The van der Waals surface area contributed by atoms with E-state index in [4.69, 9.17) is 4.52 Å². The van der Waals surface area contributed by atoms with Gasteiger partial charge in [-0.05, 0) is 31.6 Å². The van der Waals surface area contributed by atoms with Crippen molar-refractivity contribution in [2.24, 2.45) is 5.92 Å². The van der Waals surface area contributed by atoms with Gasteiger partial charge < -0.3 is 9.84 Å². The van der Waals surface area contributed by atoms with Gasteiger partial charge in [0.15, 0.2) is 5.82 Å². The van der Waals surface area contributed by atoms with E-state index in [0.29, 0.717) is 12.0 Å². The molecule has 2 rings (SSSR count). The molecule has 1 saturated carbocycles. The minimum absolute atomic E-state index is 0.506. The largest absolute Gasteiger partial charge is 0.339 e. The monoisotopic (exact) mass is 265 g/mol. The maximum absolute atomic E-state index is 5.35. The second-order valence-electron chi connectivity index (χ2n) is 6.03. The van der Waals surface area contributed by atoms with Gasteiger partial charge in [-0.25, -0.2) is 0 Å². The molecule has 108 valence electrons. The van der Waals surface area contributed by atoms with Gasteiger partial charge in [0.05, 0.1) is 0 Å². The molecular weight excluding hydrogens is 238 g/mol. The first kappa shape index (κ1) is 14.5. The van der Waals surface area contributed by atoms with Crippen molar-refractivity contribution < 1.29 is 4.52 Å². The Morgan fingerprint density at radius 1 is 1.26 bits per heavy atom. The van der Waals surface area contributed by atoms with Gasteiger partial charge in [0.1, 0.15) is 0 Å². The Morgan fingerprint density at radius 3 is 2.63 bits per heavy atom. The molecule has 1 aromatic heterocycles. The van der Waals surface area contributed by atoms with Crippen LogP contribution in [0.25, 0.3) is 0 Å². The molecule has 0 atom stereocenters. The molecule has 19 heavy (non-hydrogen) atoms. The van der Waals surface area contributed by atoms with E-state index in [9.17, 15) is 0 Å². The van der Waals surface area contributed by atoms with Crippen molar-refractivity contribution in [3.05, 3.63) is 11.7 Å². The van der Waals surface area contributed by atoms with Crippen molar-refractivity contribution in [2.45, 2.75) is 71.3 Å². The molecule has 0 amide bonds. The number of nitrogens with zero attached hydrogens (tertiary/aromatic N) is 2. The van der Waals surface area contributed by atoms with Gasteiger partial charge >= 0.3 is 0 Å².